The molecule has 1 nitrogen and oxygen atoms in total. The zero-order valence-corrected chi connectivity index (χ0v) is 10.7. The fraction of sp³-hybridized carbons (Fsp3) is 0.143. The molecule has 0 aliphatic heterocycles. The zero-order chi connectivity index (χ0) is 11.4. The van der Waals surface area contributed by atoms with E-state index >= 15 is 0 Å². The fourth-order valence-corrected chi connectivity index (χ4v) is 2.03. The van der Waals surface area contributed by atoms with Gasteiger partial charge < -0.3 is 4.74 Å². The summed E-state index contributed by atoms with van der Waals surface area (Å²) in [4.78, 5) is 0. The van der Waals surface area contributed by atoms with Crippen LogP contribution in [0.5, 0.6) is 5.75 Å². The van der Waals surface area contributed by atoms with Gasteiger partial charge in [0.2, 0.25) is 0 Å². The lowest BCUT2D eigenvalue weighted by molar-refractivity contribution is 0.416. The summed E-state index contributed by atoms with van der Waals surface area (Å²) in [5.74, 6) is 0.911. The summed E-state index contributed by atoms with van der Waals surface area (Å²) < 4.78 is 5.35. The second-order valence-corrected chi connectivity index (χ2v) is 4.09. The van der Waals surface area contributed by atoms with E-state index in [-0.39, 0.29) is 0 Å². The highest BCUT2D eigenvalue weighted by molar-refractivity contribution is 9.08. The largest absolute Gasteiger partial charge is 0.496 e. The Kier molecular flexibility index (Phi) is 3.62. The summed E-state index contributed by atoms with van der Waals surface area (Å²) in [6.45, 7) is 0. The van der Waals surface area contributed by atoms with Gasteiger partial charge in [0, 0.05) is 10.9 Å². The zero-order valence-electron chi connectivity index (χ0n) is 9.11. The van der Waals surface area contributed by atoms with Crippen LogP contribution in [0.3, 0.4) is 0 Å². The molecule has 0 unspecified atom stereocenters. The third-order valence-electron chi connectivity index (χ3n) is 2.53. The Morgan fingerprint density at radius 2 is 1.69 bits per heavy atom. The molecule has 0 radical (unpaired) electrons. The van der Waals surface area contributed by atoms with Crippen LogP contribution in [0.4, 0.5) is 0 Å². The average molecular weight is 277 g/mol. The van der Waals surface area contributed by atoms with Crippen LogP contribution in [0.2, 0.25) is 0 Å². The summed E-state index contributed by atoms with van der Waals surface area (Å²) >= 11 is 3.44. The van der Waals surface area contributed by atoms with Crippen molar-refractivity contribution in [3.8, 4) is 16.9 Å². The number of ether oxygens (including phenoxy) is 1. The molecule has 0 aliphatic rings. The first-order valence-corrected chi connectivity index (χ1v) is 6.25. The monoisotopic (exact) mass is 276 g/mol. The van der Waals surface area contributed by atoms with Crippen LogP contribution in [-0.4, -0.2) is 7.11 Å². The van der Waals surface area contributed by atoms with Crippen LogP contribution < -0.4 is 4.74 Å². The maximum Gasteiger partial charge on any atom is 0.126 e. The maximum atomic E-state index is 5.35. The van der Waals surface area contributed by atoms with Gasteiger partial charge in [-0.05, 0) is 17.2 Å². The summed E-state index contributed by atoms with van der Waals surface area (Å²) in [7, 11) is 1.70. The predicted molar refractivity (Wildman–Crippen MR) is 71.1 cm³/mol. The molecule has 0 atom stereocenters. The minimum absolute atomic E-state index is 0.888. The molecule has 0 aromatic heterocycles. The molecule has 0 fully saturated rings. The number of alkyl halides is 1. The third-order valence-corrected chi connectivity index (χ3v) is 3.17. The molecule has 2 heteroatoms. The smallest absolute Gasteiger partial charge is 0.126 e. The van der Waals surface area contributed by atoms with Gasteiger partial charge in [0.1, 0.15) is 5.75 Å². The lowest BCUT2D eigenvalue weighted by atomic mass is 10.0. The van der Waals surface area contributed by atoms with E-state index in [1.54, 1.807) is 7.11 Å². The van der Waals surface area contributed by atoms with Crippen LogP contribution in [-0.2, 0) is 5.33 Å². The number of rotatable bonds is 3. The number of hydrogen-bond acceptors (Lipinski definition) is 1. The van der Waals surface area contributed by atoms with Gasteiger partial charge in [0.05, 0.1) is 7.11 Å². The topological polar surface area (TPSA) is 9.23 Å². The Morgan fingerprint density at radius 1 is 1.00 bits per heavy atom. The molecule has 0 bridgehead atoms. The quantitative estimate of drug-likeness (QED) is 0.762. The average Bonchev–Trinajstić information content (AvgIpc) is 2.39. The first kappa shape index (κ1) is 11.2. The normalized spacial score (nSPS) is 10.1. The number of halogens is 1. The minimum Gasteiger partial charge on any atom is -0.496 e. The van der Waals surface area contributed by atoms with Gasteiger partial charge in [-0.3, -0.25) is 0 Å². The van der Waals surface area contributed by atoms with Crippen LogP contribution >= 0.6 is 15.9 Å². The van der Waals surface area contributed by atoms with E-state index in [1.807, 2.05) is 18.2 Å². The Balaban J connectivity index is 2.42. The van der Waals surface area contributed by atoms with Gasteiger partial charge in [-0.25, -0.2) is 0 Å². The van der Waals surface area contributed by atoms with E-state index in [0.29, 0.717) is 0 Å². The van der Waals surface area contributed by atoms with Crippen molar-refractivity contribution >= 4 is 15.9 Å². The minimum atomic E-state index is 0.888. The van der Waals surface area contributed by atoms with Gasteiger partial charge in [-0.15, -0.1) is 0 Å². The van der Waals surface area contributed by atoms with Gasteiger partial charge in [0.25, 0.3) is 0 Å². The summed E-state index contributed by atoms with van der Waals surface area (Å²) in [6.07, 6.45) is 0. The van der Waals surface area contributed by atoms with Crippen molar-refractivity contribution in [2.45, 2.75) is 5.33 Å². The molecule has 0 aliphatic carbocycles. The van der Waals surface area contributed by atoms with E-state index in [0.717, 1.165) is 16.6 Å². The highest BCUT2D eigenvalue weighted by Gasteiger charge is 2.03. The van der Waals surface area contributed by atoms with Gasteiger partial charge in [-0.1, -0.05) is 58.4 Å². The second kappa shape index (κ2) is 5.17. The molecular weight excluding hydrogens is 264 g/mol. The SMILES string of the molecule is COc1ccccc1-c1ccc(CBr)cc1. The Hall–Kier alpha value is -1.28. The Labute approximate surface area is 104 Å². The Bertz CT molecular complexity index is 462. The standard InChI is InChI=1S/C14H13BrO/c1-16-14-5-3-2-4-13(14)12-8-6-11(10-15)7-9-12/h2-9H,10H2,1H3. The molecule has 2 aromatic rings. The number of methoxy groups -OCH3 is 1. The molecule has 82 valence electrons. The first-order valence-electron chi connectivity index (χ1n) is 5.13. The summed E-state index contributed by atoms with van der Waals surface area (Å²) in [6, 6.07) is 16.5. The van der Waals surface area contributed by atoms with E-state index in [9.17, 15) is 0 Å². The van der Waals surface area contributed by atoms with Crippen LogP contribution in [0, 0.1) is 0 Å². The van der Waals surface area contributed by atoms with Crippen molar-refractivity contribution in [3.63, 3.8) is 0 Å². The van der Waals surface area contributed by atoms with Crippen molar-refractivity contribution in [1.82, 2.24) is 0 Å². The van der Waals surface area contributed by atoms with E-state index in [4.69, 9.17) is 4.74 Å². The third kappa shape index (κ3) is 2.27. The van der Waals surface area contributed by atoms with Crippen molar-refractivity contribution in [2.75, 3.05) is 7.11 Å². The molecule has 2 aromatic carbocycles. The number of benzene rings is 2. The first-order chi connectivity index (χ1) is 7.85. The molecule has 0 saturated carbocycles. The van der Waals surface area contributed by atoms with E-state index < -0.39 is 0 Å². The number of para-hydroxylation sites is 1. The van der Waals surface area contributed by atoms with Gasteiger partial charge in [-0.2, -0.15) is 0 Å². The molecular formula is C14H13BrO. The molecule has 0 heterocycles. The van der Waals surface area contributed by atoms with Crippen molar-refractivity contribution < 1.29 is 4.74 Å². The lowest BCUT2D eigenvalue weighted by Crippen LogP contribution is -1.87. The molecule has 16 heavy (non-hydrogen) atoms. The highest BCUT2D eigenvalue weighted by Crippen LogP contribution is 2.29. The van der Waals surface area contributed by atoms with Gasteiger partial charge in [0.15, 0.2) is 0 Å². The second-order valence-electron chi connectivity index (χ2n) is 3.53. The van der Waals surface area contributed by atoms with Crippen molar-refractivity contribution in [1.29, 1.82) is 0 Å². The van der Waals surface area contributed by atoms with Crippen LogP contribution in [0.1, 0.15) is 5.56 Å². The van der Waals surface area contributed by atoms with E-state index in [1.165, 1.54) is 11.1 Å². The highest BCUT2D eigenvalue weighted by atomic mass is 79.9. The van der Waals surface area contributed by atoms with Gasteiger partial charge >= 0.3 is 0 Å². The van der Waals surface area contributed by atoms with Crippen LogP contribution in [0.25, 0.3) is 11.1 Å². The molecule has 2 rings (SSSR count). The molecule has 0 spiro atoms. The molecule has 0 saturated heterocycles. The van der Waals surface area contributed by atoms with Crippen molar-refractivity contribution in [2.24, 2.45) is 0 Å². The van der Waals surface area contributed by atoms with Crippen molar-refractivity contribution in [3.05, 3.63) is 54.1 Å². The lowest BCUT2D eigenvalue weighted by Gasteiger charge is -2.08. The fourth-order valence-electron chi connectivity index (χ4n) is 1.66. The van der Waals surface area contributed by atoms with E-state index in [2.05, 4.69) is 46.3 Å². The Morgan fingerprint density at radius 3 is 2.31 bits per heavy atom. The van der Waals surface area contributed by atoms with Crippen LogP contribution in [0.15, 0.2) is 48.5 Å². The predicted octanol–water partition coefficient (Wildman–Crippen LogP) is 4.26. The summed E-state index contributed by atoms with van der Waals surface area (Å²) in [5.41, 5.74) is 3.59. The maximum absolute atomic E-state index is 5.35. The number of hydrogen-bond donors (Lipinski definition) is 0. The molecule has 0 amide bonds. The molecule has 0 N–H and O–H groups in total. The summed E-state index contributed by atoms with van der Waals surface area (Å²) in [5, 5.41) is 0.888.